The first kappa shape index (κ1) is 12.4. The average molecular weight is 255 g/mol. The number of nitrogens with zero attached hydrogens (tertiary/aromatic N) is 1. The molecule has 1 aliphatic heterocycles. The molecule has 0 spiro atoms. The molecule has 0 aromatic heterocycles. The van der Waals surface area contributed by atoms with Gasteiger partial charge in [0.2, 0.25) is 0 Å². The van der Waals surface area contributed by atoms with Crippen LogP contribution in [0.4, 0.5) is 5.69 Å². The molecule has 2 nitrogen and oxygen atoms in total. The zero-order chi connectivity index (χ0) is 13.2. The summed E-state index contributed by atoms with van der Waals surface area (Å²) >= 11 is 0. The molecule has 1 aromatic carbocycles. The summed E-state index contributed by atoms with van der Waals surface area (Å²) in [6, 6.07) is 6.83. The normalized spacial score (nSPS) is 18.2. The molecule has 19 heavy (non-hydrogen) atoms. The van der Waals surface area contributed by atoms with Crippen molar-refractivity contribution in [3.8, 4) is 17.6 Å². The van der Waals surface area contributed by atoms with Crippen LogP contribution >= 0.6 is 0 Å². The van der Waals surface area contributed by atoms with Crippen LogP contribution in [0, 0.1) is 17.8 Å². The quantitative estimate of drug-likeness (QED) is 0.713. The van der Waals surface area contributed by atoms with E-state index in [9.17, 15) is 0 Å². The molecule has 0 radical (unpaired) electrons. The molecule has 0 atom stereocenters. The maximum Gasteiger partial charge on any atom is 0.158 e. The van der Waals surface area contributed by atoms with Gasteiger partial charge in [0.05, 0.1) is 17.9 Å². The number of hydrogen-bond donors (Lipinski definition) is 0. The zero-order valence-electron chi connectivity index (χ0n) is 11.8. The molecule has 1 aromatic rings. The minimum Gasteiger partial charge on any atom is -0.490 e. The second-order valence-electron chi connectivity index (χ2n) is 5.69. The fourth-order valence-corrected chi connectivity index (χ4v) is 2.47. The van der Waals surface area contributed by atoms with Gasteiger partial charge in [-0.3, -0.25) is 0 Å². The molecule has 3 rings (SSSR count). The monoisotopic (exact) mass is 255 g/mol. The van der Waals surface area contributed by atoms with E-state index in [4.69, 9.17) is 4.74 Å². The molecule has 0 unspecified atom stereocenters. The van der Waals surface area contributed by atoms with E-state index in [2.05, 4.69) is 48.8 Å². The lowest BCUT2D eigenvalue weighted by Crippen LogP contribution is -2.31. The summed E-state index contributed by atoms with van der Waals surface area (Å²) in [6.45, 7) is 6.32. The van der Waals surface area contributed by atoms with Crippen molar-refractivity contribution >= 4 is 5.69 Å². The lowest BCUT2D eigenvalue weighted by molar-refractivity contribution is 0.321. The van der Waals surface area contributed by atoms with Gasteiger partial charge in [-0.15, -0.1) is 0 Å². The van der Waals surface area contributed by atoms with Crippen molar-refractivity contribution in [3.05, 3.63) is 23.8 Å². The molecule has 0 bridgehead atoms. The number of anilines is 1. The number of fused-ring (bicyclic) bond motifs is 1. The van der Waals surface area contributed by atoms with Gasteiger partial charge in [0.15, 0.2) is 5.75 Å². The number of para-hydroxylation sites is 1. The van der Waals surface area contributed by atoms with Crippen molar-refractivity contribution in [2.75, 3.05) is 18.1 Å². The third-order valence-electron chi connectivity index (χ3n) is 3.71. The molecule has 1 heterocycles. The fourth-order valence-electron chi connectivity index (χ4n) is 2.47. The first-order chi connectivity index (χ1) is 9.25. The number of benzene rings is 1. The van der Waals surface area contributed by atoms with Crippen LogP contribution in [0.1, 0.15) is 38.7 Å². The Hall–Kier alpha value is -1.62. The van der Waals surface area contributed by atoms with Gasteiger partial charge in [-0.2, -0.15) is 0 Å². The van der Waals surface area contributed by atoms with Crippen molar-refractivity contribution < 1.29 is 4.74 Å². The molecule has 1 aliphatic carbocycles. The molecule has 0 amide bonds. The van der Waals surface area contributed by atoms with Crippen LogP contribution in [0.5, 0.6) is 5.75 Å². The second kappa shape index (κ2) is 5.17. The number of hydrogen-bond acceptors (Lipinski definition) is 2. The largest absolute Gasteiger partial charge is 0.490 e. The molecule has 2 heteroatoms. The Balaban J connectivity index is 1.99. The summed E-state index contributed by atoms with van der Waals surface area (Å²) < 4.78 is 5.97. The van der Waals surface area contributed by atoms with Gasteiger partial charge in [-0.05, 0) is 45.2 Å². The molecule has 100 valence electrons. The van der Waals surface area contributed by atoms with Crippen molar-refractivity contribution in [2.24, 2.45) is 5.92 Å². The van der Waals surface area contributed by atoms with Crippen LogP contribution in [0.3, 0.4) is 0 Å². The summed E-state index contributed by atoms with van der Waals surface area (Å²) in [4.78, 5) is 2.42. The molecule has 0 saturated heterocycles. The topological polar surface area (TPSA) is 12.5 Å². The highest BCUT2D eigenvalue weighted by Crippen LogP contribution is 2.35. The summed E-state index contributed by atoms with van der Waals surface area (Å²) in [6.07, 6.45) is 3.60. The Morgan fingerprint density at radius 2 is 2.16 bits per heavy atom. The van der Waals surface area contributed by atoms with Crippen molar-refractivity contribution in [3.63, 3.8) is 0 Å². The minimum absolute atomic E-state index is 0.493. The first-order valence-electron chi connectivity index (χ1n) is 7.29. The average Bonchev–Trinajstić information content (AvgIpc) is 3.22. The number of rotatable bonds is 1. The molecular weight excluding hydrogens is 234 g/mol. The maximum atomic E-state index is 5.97. The summed E-state index contributed by atoms with van der Waals surface area (Å²) in [5.74, 6) is 8.27. The van der Waals surface area contributed by atoms with Gasteiger partial charge in [0.25, 0.3) is 0 Å². The zero-order valence-corrected chi connectivity index (χ0v) is 11.8. The van der Waals surface area contributed by atoms with E-state index in [0.717, 1.165) is 30.9 Å². The second-order valence-corrected chi connectivity index (χ2v) is 5.69. The highest BCUT2D eigenvalue weighted by atomic mass is 16.5. The van der Waals surface area contributed by atoms with Crippen LogP contribution in [0.2, 0.25) is 0 Å². The fraction of sp³-hybridized carbons (Fsp3) is 0.529. The van der Waals surface area contributed by atoms with E-state index in [0.29, 0.717) is 12.0 Å². The van der Waals surface area contributed by atoms with Gasteiger partial charge in [-0.25, -0.2) is 0 Å². The molecule has 2 aliphatic rings. The third kappa shape index (κ3) is 2.71. The van der Waals surface area contributed by atoms with Gasteiger partial charge in [0.1, 0.15) is 0 Å². The Kier molecular flexibility index (Phi) is 3.38. The summed E-state index contributed by atoms with van der Waals surface area (Å²) in [5.41, 5.74) is 2.26. The molecular formula is C17H21NO. The van der Waals surface area contributed by atoms with Crippen LogP contribution < -0.4 is 9.64 Å². The van der Waals surface area contributed by atoms with Gasteiger partial charge < -0.3 is 9.64 Å². The van der Waals surface area contributed by atoms with Crippen LogP contribution in [0.25, 0.3) is 0 Å². The van der Waals surface area contributed by atoms with Crippen molar-refractivity contribution in [2.45, 2.75) is 39.2 Å². The predicted molar refractivity (Wildman–Crippen MR) is 78.6 cm³/mol. The van der Waals surface area contributed by atoms with E-state index in [-0.39, 0.29) is 0 Å². The van der Waals surface area contributed by atoms with Crippen LogP contribution in [0.15, 0.2) is 18.2 Å². The molecule has 0 N–H and O–H groups in total. The predicted octanol–water partition coefficient (Wildman–Crippen LogP) is 3.45. The minimum atomic E-state index is 0.493. The van der Waals surface area contributed by atoms with E-state index in [1.54, 1.807) is 0 Å². The van der Waals surface area contributed by atoms with Crippen molar-refractivity contribution in [1.29, 1.82) is 0 Å². The Bertz CT molecular complexity index is 520. The highest BCUT2D eigenvalue weighted by Gasteiger charge is 2.21. The van der Waals surface area contributed by atoms with E-state index in [1.807, 2.05) is 0 Å². The van der Waals surface area contributed by atoms with Crippen LogP contribution in [-0.2, 0) is 0 Å². The van der Waals surface area contributed by atoms with Crippen molar-refractivity contribution in [1.82, 2.24) is 0 Å². The SMILES string of the molecule is CC(C)N1CCCOc2c(C#CC3CC3)cccc21. The first-order valence-corrected chi connectivity index (χ1v) is 7.29. The standard InChI is InChI=1S/C17H21NO/c1-13(2)18-11-4-12-19-17-15(5-3-6-16(17)18)10-9-14-7-8-14/h3,5-6,13-14H,4,7-8,11-12H2,1-2H3. The third-order valence-corrected chi connectivity index (χ3v) is 3.71. The molecule has 1 fully saturated rings. The van der Waals surface area contributed by atoms with Gasteiger partial charge in [-0.1, -0.05) is 17.9 Å². The van der Waals surface area contributed by atoms with Crippen LogP contribution in [-0.4, -0.2) is 19.2 Å². The Morgan fingerprint density at radius 3 is 2.89 bits per heavy atom. The van der Waals surface area contributed by atoms with Gasteiger partial charge in [0, 0.05) is 18.5 Å². The van der Waals surface area contributed by atoms with E-state index < -0.39 is 0 Å². The Labute approximate surface area is 115 Å². The van der Waals surface area contributed by atoms with Gasteiger partial charge >= 0.3 is 0 Å². The molecule has 1 saturated carbocycles. The smallest absolute Gasteiger partial charge is 0.158 e. The van der Waals surface area contributed by atoms with E-state index in [1.165, 1.54) is 18.5 Å². The maximum absolute atomic E-state index is 5.97. The van der Waals surface area contributed by atoms with E-state index >= 15 is 0 Å². The lowest BCUT2D eigenvalue weighted by Gasteiger charge is -2.28. The summed E-state index contributed by atoms with van der Waals surface area (Å²) in [7, 11) is 0. The summed E-state index contributed by atoms with van der Waals surface area (Å²) in [5, 5.41) is 0. The highest BCUT2D eigenvalue weighted by molar-refractivity contribution is 5.66. The Morgan fingerprint density at radius 1 is 1.32 bits per heavy atom. The number of ether oxygens (including phenoxy) is 1. The lowest BCUT2D eigenvalue weighted by atomic mass is 10.1.